The van der Waals surface area contributed by atoms with E-state index in [9.17, 15) is 25.5 Å². The topological polar surface area (TPSA) is 121 Å². The lowest BCUT2D eigenvalue weighted by atomic mass is 9.99. The molecular weight excluding hydrogens is 276 g/mol. The number of hydrogen-bond acceptors (Lipinski definition) is 6. The third-order valence-corrected chi connectivity index (χ3v) is 3.29. The van der Waals surface area contributed by atoms with Gasteiger partial charge < -0.3 is 30.6 Å². The molecule has 0 aliphatic rings. The fourth-order valence-corrected chi connectivity index (χ4v) is 1.93. The number of hydrogen-bond donors (Lipinski definition) is 6. The summed E-state index contributed by atoms with van der Waals surface area (Å²) in [6.45, 7) is 2.98. The fourth-order valence-electron chi connectivity index (χ4n) is 1.93. The van der Waals surface area contributed by atoms with Crippen LogP contribution in [0.25, 0.3) is 6.08 Å². The van der Waals surface area contributed by atoms with Crippen molar-refractivity contribution in [1.82, 2.24) is 0 Å². The molecule has 0 unspecified atom stereocenters. The van der Waals surface area contributed by atoms with Crippen LogP contribution in [0.1, 0.15) is 16.7 Å². The lowest BCUT2D eigenvalue weighted by Crippen LogP contribution is -2.46. The zero-order valence-electron chi connectivity index (χ0n) is 12.0. The Morgan fingerprint density at radius 3 is 2.24 bits per heavy atom. The van der Waals surface area contributed by atoms with Crippen molar-refractivity contribution in [2.45, 2.75) is 38.3 Å². The van der Waals surface area contributed by atoms with Crippen LogP contribution in [0.5, 0.6) is 0 Å². The smallest absolute Gasteiger partial charge is 0.139 e. The molecular formula is C15H22O6. The molecule has 0 spiro atoms. The number of aliphatic hydroxyl groups is 6. The summed E-state index contributed by atoms with van der Waals surface area (Å²) < 4.78 is 0. The van der Waals surface area contributed by atoms with Gasteiger partial charge in [-0.15, -0.1) is 0 Å². The average Bonchev–Trinajstić information content (AvgIpc) is 2.46. The molecule has 0 bridgehead atoms. The van der Waals surface area contributed by atoms with Crippen LogP contribution in [0, 0.1) is 13.8 Å². The largest absolute Gasteiger partial charge is 0.509 e. The lowest BCUT2D eigenvalue weighted by molar-refractivity contribution is -0.112. The molecule has 0 heterocycles. The Morgan fingerprint density at radius 1 is 1.10 bits per heavy atom. The van der Waals surface area contributed by atoms with Gasteiger partial charge >= 0.3 is 0 Å². The Balaban J connectivity index is 2.90. The van der Waals surface area contributed by atoms with Gasteiger partial charge in [0.1, 0.15) is 30.2 Å². The molecule has 0 fully saturated rings. The molecule has 4 atom stereocenters. The summed E-state index contributed by atoms with van der Waals surface area (Å²) in [4.78, 5) is 0. The Kier molecular flexibility index (Phi) is 6.32. The minimum Gasteiger partial charge on any atom is -0.509 e. The van der Waals surface area contributed by atoms with Crippen molar-refractivity contribution in [3.8, 4) is 0 Å². The molecule has 0 radical (unpaired) electrons. The molecule has 0 saturated heterocycles. The molecule has 0 aromatic heterocycles. The number of rotatable bonds is 6. The zero-order chi connectivity index (χ0) is 16.2. The van der Waals surface area contributed by atoms with Gasteiger partial charge in [-0.3, -0.25) is 0 Å². The van der Waals surface area contributed by atoms with Crippen LogP contribution in [-0.4, -0.2) is 61.7 Å². The van der Waals surface area contributed by atoms with Crippen LogP contribution < -0.4 is 0 Å². The standard InChI is InChI=1S/C15H22O6/c1-8-3-4-10(9(2)5-8)6-11(17)13(19)15(21)14(20)12(18)7-16/h3-6,12-21H,7H2,1-2H3/b11-6-/t12-,13-,14+,15-/m0/s1. The molecule has 6 nitrogen and oxygen atoms in total. The van der Waals surface area contributed by atoms with Gasteiger partial charge in [-0.05, 0) is 31.1 Å². The maximum Gasteiger partial charge on any atom is 0.139 e. The quantitative estimate of drug-likeness (QED) is 0.399. The first-order valence-electron chi connectivity index (χ1n) is 6.58. The maximum absolute atomic E-state index is 9.83. The first-order chi connectivity index (χ1) is 9.77. The van der Waals surface area contributed by atoms with Crippen LogP contribution >= 0.6 is 0 Å². The van der Waals surface area contributed by atoms with Gasteiger partial charge in [0.05, 0.1) is 6.61 Å². The Labute approximate surface area is 123 Å². The summed E-state index contributed by atoms with van der Waals surface area (Å²) in [7, 11) is 0. The highest BCUT2D eigenvalue weighted by atomic mass is 16.4. The second-order valence-electron chi connectivity index (χ2n) is 5.11. The van der Waals surface area contributed by atoms with Crippen LogP contribution in [-0.2, 0) is 0 Å². The Morgan fingerprint density at radius 2 is 1.71 bits per heavy atom. The van der Waals surface area contributed by atoms with Gasteiger partial charge in [0, 0.05) is 0 Å². The molecule has 21 heavy (non-hydrogen) atoms. The highest BCUT2D eigenvalue weighted by Gasteiger charge is 2.32. The first-order valence-corrected chi connectivity index (χ1v) is 6.58. The van der Waals surface area contributed by atoms with Crippen LogP contribution in [0.15, 0.2) is 24.0 Å². The average molecular weight is 298 g/mol. The molecule has 1 aromatic carbocycles. The summed E-state index contributed by atoms with van der Waals surface area (Å²) in [5.74, 6) is -0.543. The number of aryl methyl sites for hydroxylation is 2. The lowest BCUT2D eigenvalue weighted by Gasteiger charge is -2.25. The van der Waals surface area contributed by atoms with E-state index in [2.05, 4.69) is 0 Å². The third-order valence-electron chi connectivity index (χ3n) is 3.29. The minimum absolute atomic E-state index is 0.543. The van der Waals surface area contributed by atoms with Crippen molar-refractivity contribution >= 4 is 6.08 Å². The van der Waals surface area contributed by atoms with Crippen molar-refractivity contribution in [2.24, 2.45) is 0 Å². The van der Waals surface area contributed by atoms with E-state index in [4.69, 9.17) is 5.11 Å². The summed E-state index contributed by atoms with van der Waals surface area (Å²) in [6, 6.07) is 5.48. The van der Waals surface area contributed by atoms with Gasteiger partial charge in [0.15, 0.2) is 0 Å². The molecule has 1 rings (SSSR count). The van der Waals surface area contributed by atoms with E-state index in [-0.39, 0.29) is 0 Å². The Hall–Kier alpha value is -1.44. The van der Waals surface area contributed by atoms with Crippen LogP contribution in [0.2, 0.25) is 0 Å². The third kappa shape index (κ3) is 4.52. The van der Waals surface area contributed by atoms with Crippen molar-refractivity contribution < 1.29 is 30.6 Å². The van der Waals surface area contributed by atoms with Gasteiger partial charge in [-0.1, -0.05) is 23.8 Å². The fraction of sp³-hybridized carbons (Fsp3) is 0.467. The molecule has 0 aliphatic heterocycles. The first kappa shape index (κ1) is 17.6. The highest BCUT2D eigenvalue weighted by Crippen LogP contribution is 2.17. The molecule has 6 heteroatoms. The van der Waals surface area contributed by atoms with E-state index in [0.29, 0.717) is 5.56 Å². The molecule has 1 aromatic rings. The van der Waals surface area contributed by atoms with Gasteiger partial charge in [0.2, 0.25) is 0 Å². The normalized spacial score (nSPS) is 18.1. The minimum atomic E-state index is -1.82. The van der Waals surface area contributed by atoms with E-state index in [1.54, 1.807) is 6.07 Å². The highest BCUT2D eigenvalue weighted by molar-refractivity contribution is 5.56. The summed E-state index contributed by atoms with van der Waals surface area (Å²) in [5, 5.41) is 56.7. The monoisotopic (exact) mass is 298 g/mol. The van der Waals surface area contributed by atoms with Crippen molar-refractivity contribution in [3.63, 3.8) is 0 Å². The van der Waals surface area contributed by atoms with Gasteiger partial charge in [-0.25, -0.2) is 0 Å². The van der Waals surface area contributed by atoms with E-state index in [0.717, 1.165) is 11.1 Å². The van der Waals surface area contributed by atoms with Crippen LogP contribution in [0.3, 0.4) is 0 Å². The van der Waals surface area contributed by atoms with E-state index in [1.165, 1.54) is 6.08 Å². The molecule has 0 saturated carbocycles. The van der Waals surface area contributed by atoms with Gasteiger partial charge in [-0.2, -0.15) is 0 Å². The maximum atomic E-state index is 9.83. The van der Waals surface area contributed by atoms with E-state index < -0.39 is 36.8 Å². The Bertz CT molecular complexity index is 499. The predicted octanol–water partition coefficient (Wildman–Crippen LogP) is -0.362. The summed E-state index contributed by atoms with van der Waals surface area (Å²) >= 11 is 0. The number of aliphatic hydroxyl groups excluding tert-OH is 6. The second-order valence-corrected chi connectivity index (χ2v) is 5.11. The SMILES string of the molecule is Cc1ccc(/C=C(\O)[C@H](O)[C@H](O)[C@H](O)[C@@H](O)CO)c(C)c1. The molecule has 6 N–H and O–H groups in total. The van der Waals surface area contributed by atoms with E-state index in [1.807, 2.05) is 26.0 Å². The second kappa shape index (κ2) is 7.53. The zero-order valence-corrected chi connectivity index (χ0v) is 12.0. The van der Waals surface area contributed by atoms with Crippen molar-refractivity contribution in [1.29, 1.82) is 0 Å². The predicted molar refractivity (Wildman–Crippen MR) is 77.6 cm³/mol. The van der Waals surface area contributed by atoms with E-state index >= 15 is 0 Å². The van der Waals surface area contributed by atoms with Crippen LogP contribution in [0.4, 0.5) is 0 Å². The molecule has 0 aliphatic carbocycles. The van der Waals surface area contributed by atoms with Gasteiger partial charge in [0.25, 0.3) is 0 Å². The summed E-state index contributed by atoms with van der Waals surface area (Å²) in [6.07, 6.45) is -5.71. The van der Waals surface area contributed by atoms with Crippen molar-refractivity contribution in [2.75, 3.05) is 6.61 Å². The number of benzene rings is 1. The molecule has 118 valence electrons. The summed E-state index contributed by atoms with van der Waals surface area (Å²) in [5.41, 5.74) is 2.58. The molecule has 0 amide bonds. The van der Waals surface area contributed by atoms with Crippen molar-refractivity contribution in [3.05, 3.63) is 40.6 Å².